The number of phenolic OH excluding ortho intramolecular Hbond substituents is 1. The van der Waals surface area contributed by atoms with Gasteiger partial charge < -0.3 is 16.2 Å². The molecule has 0 bridgehead atoms. The van der Waals surface area contributed by atoms with Gasteiger partial charge in [0.1, 0.15) is 5.75 Å². The van der Waals surface area contributed by atoms with Crippen molar-refractivity contribution in [2.75, 3.05) is 11.1 Å². The SMILES string of the molecule is Nc1ccc(Br)c(C(=O)Nc2ccccc2O)c1. The fraction of sp³-hybridized carbons (Fsp3) is 0. The van der Waals surface area contributed by atoms with E-state index in [4.69, 9.17) is 5.73 Å². The van der Waals surface area contributed by atoms with Crippen molar-refractivity contribution in [1.82, 2.24) is 0 Å². The Hall–Kier alpha value is -2.01. The molecule has 0 aliphatic heterocycles. The Morgan fingerprint density at radius 2 is 1.94 bits per heavy atom. The Bertz CT molecular complexity index is 599. The third-order valence-corrected chi connectivity index (χ3v) is 3.08. The summed E-state index contributed by atoms with van der Waals surface area (Å²) >= 11 is 3.28. The minimum Gasteiger partial charge on any atom is -0.506 e. The van der Waals surface area contributed by atoms with Crippen LogP contribution in [0.15, 0.2) is 46.9 Å². The number of hydrogen-bond acceptors (Lipinski definition) is 3. The number of carbonyl (C=O) groups excluding carboxylic acids is 1. The molecular formula is C13H11BrN2O2. The van der Waals surface area contributed by atoms with Gasteiger partial charge in [-0.15, -0.1) is 0 Å². The highest BCUT2D eigenvalue weighted by atomic mass is 79.9. The van der Waals surface area contributed by atoms with E-state index in [1.807, 2.05) is 0 Å². The van der Waals surface area contributed by atoms with E-state index in [2.05, 4.69) is 21.2 Å². The van der Waals surface area contributed by atoms with Gasteiger partial charge in [-0.3, -0.25) is 4.79 Å². The zero-order valence-corrected chi connectivity index (χ0v) is 10.9. The van der Waals surface area contributed by atoms with Crippen molar-refractivity contribution in [3.8, 4) is 5.75 Å². The lowest BCUT2D eigenvalue weighted by molar-refractivity contribution is 0.102. The third kappa shape index (κ3) is 2.62. The van der Waals surface area contributed by atoms with E-state index < -0.39 is 0 Å². The van der Waals surface area contributed by atoms with E-state index in [-0.39, 0.29) is 11.7 Å². The first-order valence-corrected chi connectivity index (χ1v) is 6.01. The highest BCUT2D eigenvalue weighted by molar-refractivity contribution is 9.10. The second kappa shape index (κ2) is 5.10. The first-order valence-electron chi connectivity index (χ1n) is 5.22. The van der Waals surface area contributed by atoms with Gasteiger partial charge in [0.25, 0.3) is 5.91 Å². The largest absolute Gasteiger partial charge is 0.506 e. The number of anilines is 2. The summed E-state index contributed by atoms with van der Waals surface area (Å²) in [6.07, 6.45) is 0. The summed E-state index contributed by atoms with van der Waals surface area (Å²) in [5, 5.41) is 12.2. The topological polar surface area (TPSA) is 75.4 Å². The number of carbonyl (C=O) groups is 1. The number of amides is 1. The molecule has 92 valence electrons. The number of hydrogen-bond donors (Lipinski definition) is 3. The van der Waals surface area contributed by atoms with Crippen LogP contribution < -0.4 is 11.1 Å². The molecule has 0 fully saturated rings. The number of aromatic hydroxyl groups is 1. The lowest BCUT2D eigenvalue weighted by Crippen LogP contribution is -2.13. The van der Waals surface area contributed by atoms with Crippen LogP contribution in [0.25, 0.3) is 0 Å². The van der Waals surface area contributed by atoms with Crippen LogP contribution in [0.4, 0.5) is 11.4 Å². The predicted octanol–water partition coefficient (Wildman–Crippen LogP) is 2.99. The monoisotopic (exact) mass is 306 g/mol. The van der Waals surface area contributed by atoms with E-state index in [9.17, 15) is 9.90 Å². The van der Waals surface area contributed by atoms with E-state index in [0.717, 1.165) is 0 Å². The molecule has 0 saturated carbocycles. The van der Waals surface area contributed by atoms with Gasteiger partial charge in [-0.05, 0) is 46.3 Å². The Morgan fingerprint density at radius 3 is 2.67 bits per heavy atom. The van der Waals surface area contributed by atoms with Crippen molar-refractivity contribution in [2.45, 2.75) is 0 Å². The van der Waals surface area contributed by atoms with Crippen molar-refractivity contribution in [2.24, 2.45) is 0 Å². The second-order valence-corrected chi connectivity index (χ2v) is 4.56. The van der Waals surface area contributed by atoms with Crippen LogP contribution in [0.2, 0.25) is 0 Å². The molecule has 0 heterocycles. The van der Waals surface area contributed by atoms with Crippen LogP contribution >= 0.6 is 15.9 Å². The Kier molecular flexibility index (Phi) is 3.53. The number of rotatable bonds is 2. The lowest BCUT2D eigenvalue weighted by atomic mass is 10.2. The van der Waals surface area contributed by atoms with E-state index >= 15 is 0 Å². The fourth-order valence-electron chi connectivity index (χ4n) is 1.49. The van der Waals surface area contributed by atoms with Crippen LogP contribution in [0.3, 0.4) is 0 Å². The average molecular weight is 307 g/mol. The maximum absolute atomic E-state index is 12.0. The van der Waals surface area contributed by atoms with Gasteiger partial charge in [0.05, 0.1) is 11.3 Å². The average Bonchev–Trinajstić information content (AvgIpc) is 2.35. The smallest absolute Gasteiger partial charge is 0.256 e. The highest BCUT2D eigenvalue weighted by Crippen LogP contribution is 2.25. The van der Waals surface area contributed by atoms with Crippen LogP contribution in [-0.4, -0.2) is 11.0 Å². The van der Waals surface area contributed by atoms with Gasteiger partial charge >= 0.3 is 0 Å². The van der Waals surface area contributed by atoms with Crippen molar-refractivity contribution < 1.29 is 9.90 Å². The molecule has 4 nitrogen and oxygen atoms in total. The van der Waals surface area contributed by atoms with Crippen LogP contribution in [0.1, 0.15) is 10.4 Å². The molecule has 1 amide bonds. The molecule has 2 aromatic rings. The van der Waals surface area contributed by atoms with Crippen LogP contribution in [-0.2, 0) is 0 Å². The molecule has 4 N–H and O–H groups in total. The molecule has 18 heavy (non-hydrogen) atoms. The van der Waals surface area contributed by atoms with Gasteiger partial charge in [0.15, 0.2) is 0 Å². The van der Waals surface area contributed by atoms with Crippen molar-refractivity contribution in [3.63, 3.8) is 0 Å². The molecular weight excluding hydrogens is 296 g/mol. The maximum Gasteiger partial charge on any atom is 0.256 e. The normalized spacial score (nSPS) is 10.1. The summed E-state index contributed by atoms with van der Waals surface area (Å²) in [6, 6.07) is 11.5. The predicted molar refractivity (Wildman–Crippen MR) is 74.6 cm³/mol. The minimum absolute atomic E-state index is 0.0193. The molecule has 2 rings (SSSR count). The maximum atomic E-state index is 12.0. The first kappa shape index (κ1) is 12.4. The third-order valence-electron chi connectivity index (χ3n) is 2.39. The second-order valence-electron chi connectivity index (χ2n) is 3.71. The molecule has 0 aromatic heterocycles. The summed E-state index contributed by atoms with van der Waals surface area (Å²) in [6.45, 7) is 0. The summed E-state index contributed by atoms with van der Waals surface area (Å²) in [5.74, 6) is -0.318. The number of benzene rings is 2. The van der Waals surface area contributed by atoms with Gasteiger partial charge in [-0.1, -0.05) is 12.1 Å². The van der Waals surface area contributed by atoms with Crippen molar-refractivity contribution in [3.05, 3.63) is 52.5 Å². The number of phenols is 1. The molecule has 0 atom stereocenters. The summed E-state index contributed by atoms with van der Waals surface area (Å²) in [5.41, 5.74) is 6.91. The van der Waals surface area contributed by atoms with Gasteiger partial charge in [0, 0.05) is 10.2 Å². The molecule has 0 radical (unpaired) electrons. The number of nitrogens with two attached hydrogens (primary N) is 1. The lowest BCUT2D eigenvalue weighted by Gasteiger charge is -2.08. The Labute approximate surface area is 113 Å². The molecule has 0 saturated heterocycles. The number of nitrogen functional groups attached to an aromatic ring is 1. The minimum atomic E-state index is -0.337. The van der Waals surface area contributed by atoms with Crippen LogP contribution in [0, 0.1) is 0 Å². The summed E-state index contributed by atoms with van der Waals surface area (Å²) in [4.78, 5) is 12.0. The number of nitrogens with one attached hydrogen (secondary N) is 1. The fourth-order valence-corrected chi connectivity index (χ4v) is 1.91. The Balaban J connectivity index is 2.28. The summed E-state index contributed by atoms with van der Waals surface area (Å²) in [7, 11) is 0. The standard InChI is InChI=1S/C13H11BrN2O2/c14-10-6-5-8(15)7-9(10)13(18)16-11-3-1-2-4-12(11)17/h1-7,17H,15H2,(H,16,18). The molecule has 2 aromatic carbocycles. The quantitative estimate of drug-likeness (QED) is 0.590. The van der Waals surface area contributed by atoms with Gasteiger partial charge in [-0.2, -0.15) is 0 Å². The zero-order chi connectivity index (χ0) is 13.1. The Morgan fingerprint density at radius 1 is 1.22 bits per heavy atom. The van der Waals surface area contributed by atoms with Crippen molar-refractivity contribution >= 4 is 33.2 Å². The molecule has 0 unspecified atom stereocenters. The van der Waals surface area contributed by atoms with E-state index in [0.29, 0.717) is 21.4 Å². The molecule has 0 aliphatic carbocycles. The van der Waals surface area contributed by atoms with E-state index in [1.165, 1.54) is 6.07 Å². The zero-order valence-electron chi connectivity index (χ0n) is 9.35. The number of para-hydroxylation sites is 2. The van der Waals surface area contributed by atoms with E-state index in [1.54, 1.807) is 36.4 Å². The molecule has 0 spiro atoms. The van der Waals surface area contributed by atoms with Gasteiger partial charge in [0.2, 0.25) is 0 Å². The first-order chi connectivity index (χ1) is 8.58. The highest BCUT2D eigenvalue weighted by Gasteiger charge is 2.12. The van der Waals surface area contributed by atoms with Crippen molar-refractivity contribution in [1.29, 1.82) is 0 Å². The van der Waals surface area contributed by atoms with Crippen LogP contribution in [0.5, 0.6) is 5.75 Å². The molecule has 0 aliphatic rings. The summed E-state index contributed by atoms with van der Waals surface area (Å²) < 4.78 is 0.643. The number of halogens is 1. The van der Waals surface area contributed by atoms with Gasteiger partial charge in [-0.25, -0.2) is 0 Å². The molecule has 5 heteroatoms.